The van der Waals surface area contributed by atoms with Crippen molar-refractivity contribution in [2.24, 2.45) is 13.0 Å². The number of benzene rings is 2. The van der Waals surface area contributed by atoms with Gasteiger partial charge in [-0.2, -0.15) is 5.10 Å². The molecule has 0 unspecified atom stereocenters. The van der Waals surface area contributed by atoms with E-state index < -0.39 is 12.1 Å². The number of carbonyl (C=O) groups is 3. The molecule has 3 aromatic rings. The second kappa shape index (κ2) is 11.9. The Balaban J connectivity index is 1.43. The molecular formula is C30H35N5O6. The zero-order valence-electron chi connectivity index (χ0n) is 23.7. The first-order chi connectivity index (χ1) is 19.7. The fourth-order valence-electron chi connectivity index (χ4n) is 5.04. The molecule has 3 amide bonds. The van der Waals surface area contributed by atoms with Crippen LogP contribution in [0.4, 0.5) is 0 Å². The summed E-state index contributed by atoms with van der Waals surface area (Å²) in [4.78, 5) is 41.1. The Kier molecular flexibility index (Phi) is 8.14. The minimum absolute atomic E-state index is 0.172. The van der Waals surface area contributed by atoms with Crippen molar-refractivity contribution in [1.82, 2.24) is 25.3 Å². The van der Waals surface area contributed by atoms with Gasteiger partial charge in [-0.25, -0.2) is 0 Å². The molecule has 0 saturated carbocycles. The van der Waals surface area contributed by atoms with Crippen LogP contribution in [0.5, 0.6) is 17.2 Å². The highest BCUT2D eigenvalue weighted by Gasteiger charge is 2.39. The van der Waals surface area contributed by atoms with Crippen molar-refractivity contribution in [3.8, 4) is 17.2 Å². The van der Waals surface area contributed by atoms with E-state index in [2.05, 4.69) is 29.6 Å². The molecule has 41 heavy (non-hydrogen) atoms. The molecule has 216 valence electrons. The van der Waals surface area contributed by atoms with Gasteiger partial charge in [0.05, 0.1) is 25.4 Å². The molecule has 2 N–H and O–H groups in total. The summed E-state index contributed by atoms with van der Waals surface area (Å²) in [6, 6.07) is 13.5. The molecule has 6 rings (SSSR count). The van der Waals surface area contributed by atoms with Crippen LogP contribution < -0.4 is 24.8 Å². The number of hydrogen-bond acceptors (Lipinski definition) is 7. The lowest BCUT2D eigenvalue weighted by Gasteiger charge is -2.21. The maximum absolute atomic E-state index is 13.6. The number of methoxy groups -OCH3 is 1. The third-order valence-corrected chi connectivity index (χ3v) is 7.12. The van der Waals surface area contributed by atoms with Crippen LogP contribution in [0.25, 0.3) is 0 Å². The van der Waals surface area contributed by atoms with Gasteiger partial charge < -0.3 is 29.7 Å². The van der Waals surface area contributed by atoms with E-state index in [0.717, 1.165) is 17.7 Å². The molecule has 3 aliphatic rings. The van der Waals surface area contributed by atoms with Crippen molar-refractivity contribution < 1.29 is 28.6 Å². The number of ether oxygens (including phenoxy) is 3. The van der Waals surface area contributed by atoms with E-state index in [1.54, 1.807) is 28.8 Å². The zero-order chi connectivity index (χ0) is 29.1. The van der Waals surface area contributed by atoms with E-state index in [1.807, 2.05) is 30.3 Å². The van der Waals surface area contributed by atoms with Crippen LogP contribution >= 0.6 is 0 Å². The predicted octanol–water partition coefficient (Wildman–Crippen LogP) is 2.34. The van der Waals surface area contributed by atoms with Crippen LogP contribution in [0, 0.1) is 5.92 Å². The van der Waals surface area contributed by atoms with Gasteiger partial charge in [-0.3, -0.25) is 19.1 Å². The SMILES string of the molecule is COc1ccc2cc1OCC(=O)NCc1ccc(cc1)O[C@H]1CN(C(=O)c3cc(CC(C)C)nn3C)C[C@@H]1NC2=O. The van der Waals surface area contributed by atoms with Gasteiger partial charge in [-0.05, 0) is 54.3 Å². The molecular weight excluding hydrogens is 526 g/mol. The van der Waals surface area contributed by atoms with Crippen LogP contribution in [-0.2, 0) is 24.8 Å². The van der Waals surface area contributed by atoms with E-state index >= 15 is 0 Å². The van der Waals surface area contributed by atoms with Gasteiger partial charge in [0.25, 0.3) is 17.7 Å². The fourth-order valence-corrected chi connectivity index (χ4v) is 5.04. The number of fused-ring (bicyclic) bond motifs is 7. The number of nitrogens with one attached hydrogen (secondary N) is 2. The summed E-state index contributed by atoms with van der Waals surface area (Å²) in [6.45, 7) is 4.84. The largest absolute Gasteiger partial charge is 0.493 e. The molecule has 1 saturated heterocycles. The topological polar surface area (TPSA) is 124 Å². The maximum Gasteiger partial charge on any atom is 0.272 e. The fraction of sp³-hybridized carbons (Fsp3) is 0.400. The number of carbonyl (C=O) groups excluding carboxylic acids is 3. The number of hydrogen-bond donors (Lipinski definition) is 2. The molecule has 1 aromatic heterocycles. The molecule has 0 aliphatic carbocycles. The van der Waals surface area contributed by atoms with Gasteiger partial charge in [0.1, 0.15) is 17.5 Å². The molecule has 4 heterocycles. The average molecular weight is 562 g/mol. The minimum Gasteiger partial charge on any atom is -0.493 e. The lowest BCUT2D eigenvalue weighted by molar-refractivity contribution is -0.123. The summed E-state index contributed by atoms with van der Waals surface area (Å²) in [5.41, 5.74) is 2.56. The lowest BCUT2D eigenvalue weighted by Crippen LogP contribution is -2.45. The van der Waals surface area contributed by atoms with Crippen LogP contribution in [0.3, 0.4) is 0 Å². The second-order valence-electron chi connectivity index (χ2n) is 10.8. The van der Waals surface area contributed by atoms with Crippen LogP contribution in [0.1, 0.15) is 46.0 Å². The summed E-state index contributed by atoms with van der Waals surface area (Å²) >= 11 is 0. The molecule has 0 spiro atoms. The molecule has 0 radical (unpaired) electrons. The number of aromatic nitrogens is 2. The van der Waals surface area contributed by atoms with E-state index in [-0.39, 0.29) is 43.2 Å². The van der Waals surface area contributed by atoms with Crippen molar-refractivity contribution in [3.63, 3.8) is 0 Å². The highest BCUT2D eigenvalue weighted by molar-refractivity contribution is 5.96. The lowest BCUT2D eigenvalue weighted by atomic mass is 10.1. The molecule has 1 fully saturated rings. The quantitative estimate of drug-likeness (QED) is 0.501. The maximum atomic E-state index is 13.6. The van der Waals surface area contributed by atoms with Gasteiger partial charge in [-0.15, -0.1) is 0 Å². The monoisotopic (exact) mass is 561 g/mol. The van der Waals surface area contributed by atoms with Crippen molar-refractivity contribution >= 4 is 17.7 Å². The van der Waals surface area contributed by atoms with Gasteiger partial charge >= 0.3 is 0 Å². The van der Waals surface area contributed by atoms with Gasteiger partial charge in [0, 0.05) is 25.7 Å². The number of nitrogens with zero attached hydrogens (tertiary/aromatic N) is 3. The van der Waals surface area contributed by atoms with Gasteiger partial charge in [0.15, 0.2) is 18.1 Å². The van der Waals surface area contributed by atoms with Crippen LogP contribution in [-0.4, -0.2) is 71.4 Å². The molecule has 11 heteroatoms. The summed E-state index contributed by atoms with van der Waals surface area (Å²) < 4.78 is 19.0. The summed E-state index contributed by atoms with van der Waals surface area (Å²) in [7, 11) is 3.25. The van der Waals surface area contributed by atoms with E-state index in [9.17, 15) is 14.4 Å². The normalized spacial score (nSPS) is 19.1. The molecule has 3 aliphatic heterocycles. The Bertz CT molecular complexity index is 1430. The summed E-state index contributed by atoms with van der Waals surface area (Å²) in [5, 5.41) is 10.4. The average Bonchev–Trinajstić information content (AvgIpc) is 3.52. The van der Waals surface area contributed by atoms with E-state index in [4.69, 9.17) is 14.2 Å². The Hall–Kier alpha value is -4.54. The summed E-state index contributed by atoms with van der Waals surface area (Å²) in [5.74, 6) is 0.830. The zero-order valence-corrected chi connectivity index (χ0v) is 23.7. The highest BCUT2D eigenvalue weighted by atomic mass is 16.5. The standard InChI is InChI=1S/C30H35N5O6/c1-18(2)11-21-13-24(34(3)33-21)30(38)35-15-23-27(16-35)41-22-8-5-19(6-9-22)14-31-28(36)17-40-26-12-20(29(37)32-23)7-10-25(26)39-4/h5-10,12-13,18,23,27H,11,14-17H2,1-4H3,(H,31,36)(H,32,37)/t23-,27-/m0/s1. The number of likely N-dealkylation sites (tertiary alicyclic amines) is 1. The Morgan fingerprint density at radius 3 is 2.63 bits per heavy atom. The van der Waals surface area contributed by atoms with E-state index in [0.29, 0.717) is 35.2 Å². The first kappa shape index (κ1) is 28.0. The van der Waals surface area contributed by atoms with Crippen molar-refractivity contribution in [2.45, 2.75) is 39.0 Å². The van der Waals surface area contributed by atoms with Crippen molar-refractivity contribution in [3.05, 3.63) is 71.0 Å². The van der Waals surface area contributed by atoms with Crippen molar-refractivity contribution in [2.75, 3.05) is 26.8 Å². The van der Waals surface area contributed by atoms with Crippen molar-refractivity contribution in [1.29, 1.82) is 0 Å². The Morgan fingerprint density at radius 1 is 1.12 bits per heavy atom. The van der Waals surface area contributed by atoms with Crippen LogP contribution in [0.2, 0.25) is 0 Å². The van der Waals surface area contributed by atoms with Gasteiger partial charge in [0.2, 0.25) is 0 Å². The predicted molar refractivity (Wildman–Crippen MR) is 150 cm³/mol. The first-order valence-corrected chi connectivity index (χ1v) is 13.7. The Morgan fingerprint density at radius 2 is 1.90 bits per heavy atom. The third kappa shape index (κ3) is 6.45. The van der Waals surface area contributed by atoms with Crippen LogP contribution in [0.15, 0.2) is 48.5 Å². The first-order valence-electron chi connectivity index (χ1n) is 13.7. The van der Waals surface area contributed by atoms with E-state index in [1.165, 1.54) is 13.2 Å². The minimum atomic E-state index is -0.499. The molecule has 4 bridgehead atoms. The highest BCUT2D eigenvalue weighted by Crippen LogP contribution is 2.29. The second-order valence-corrected chi connectivity index (χ2v) is 10.8. The number of rotatable bonds is 4. The third-order valence-electron chi connectivity index (χ3n) is 7.12. The Labute approximate surface area is 238 Å². The molecule has 2 aromatic carbocycles. The number of amides is 3. The number of aryl methyl sites for hydroxylation is 1. The van der Waals surface area contributed by atoms with Gasteiger partial charge in [-0.1, -0.05) is 26.0 Å². The molecule has 11 nitrogen and oxygen atoms in total. The summed E-state index contributed by atoms with van der Waals surface area (Å²) in [6.07, 6.45) is 0.278. The molecule has 2 atom stereocenters. The smallest absolute Gasteiger partial charge is 0.272 e.